The van der Waals surface area contributed by atoms with Crippen LogP contribution in [0.2, 0.25) is 0 Å². The van der Waals surface area contributed by atoms with Crippen LogP contribution in [0.15, 0.2) is 24.3 Å². The van der Waals surface area contributed by atoms with E-state index in [-0.39, 0.29) is 11.1 Å². The number of hydrogen-bond acceptors (Lipinski definition) is 4. The molecule has 1 aliphatic heterocycles. The molecule has 1 heterocycles. The highest BCUT2D eigenvalue weighted by Crippen LogP contribution is 2.25. The minimum absolute atomic E-state index is 0.0328. The summed E-state index contributed by atoms with van der Waals surface area (Å²) in [5.41, 5.74) is -0.0959. The van der Waals surface area contributed by atoms with E-state index < -0.39 is 60.8 Å². The zero-order chi connectivity index (χ0) is 24.9. The van der Waals surface area contributed by atoms with Crippen LogP contribution >= 0.6 is 0 Å². The van der Waals surface area contributed by atoms with E-state index in [9.17, 15) is 19.5 Å². The molecule has 0 saturated heterocycles. The molecule has 0 saturated carbocycles. The topological polar surface area (TPSA) is 86.7 Å². The van der Waals surface area contributed by atoms with Crippen LogP contribution in [0.4, 0.5) is 0 Å². The smallest absolute Gasteiger partial charge is 0.249 e. The number of hydrogen-bond donors (Lipinski definition) is 2. The number of aryl methyl sites for hydroxylation is 1. The van der Waals surface area contributed by atoms with E-state index >= 15 is 0 Å². The fraction of sp³-hybridized carbons (Fsp3) is 0.550. The molecule has 1 aliphatic rings. The molecule has 0 bridgehead atoms. The minimum Gasteiger partial charge on any atom is -0.385 e. The van der Waals surface area contributed by atoms with Crippen LogP contribution in [0.25, 0.3) is 0 Å². The third-order valence-electron chi connectivity index (χ3n) is 4.13. The van der Waals surface area contributed by atoms with Gasteiger partial charge in [0.25, 0.3) is 0 Å². The SMILES string of the molecule is [2H]C1([2H])c2ccccc2[C@H](NC(=O)[C@]([2H])(C)CC(=O)[C@@]([2H])(O)C(C)C)C(=O)N(C)C1([2H])[2H]. The van der Waals surface area contributed by atoms with Gasteiger partial charge in [0.05, 0.1) is 1.37 Å². The summed E-state index contributed by atoms with van der Waals surface area (Å²) in [6.07, 6.45) is -5.89. The summed E-state index contributed by atoms with van der Waals surface area (Å²) in [6.45, 7) is 1.27. The zero-order valence-electron chi connectivity index (χ0n) is 21.3. The van der Waals surface area contributed by atoms with Crippen LogP contribution in [0.1, 0.15) is 52.6 Å². The number of rotatable bonds is 6. The van der Waals surface area contributed by atoms with Crippen molar-refractivity contribution >= 4 is 17.6 Å². The predicted octanol–water partition coefficient (Wildman–Crippen LogP) is 1.47. The van der Waals surface area contributed by atoms with Gasteiger partial charge in [0, 0.05) is 32.7 Å². The Morgan fingerprint density at radius 1 is 1.38 bits per heavy atom. The molecule has 142 valence electrons. The molecule has 3 atom stereocenters. The highest BCUT2D eigenvalue weighted by molar-refractivity contribution is 5.92. The average molecular weight is 366 g/mol. The van der Waals surface area contributed by atoms with Crippen molar-refractivity contribution in [2.75, 3.05) is 13.5 Å². The number of nitrogens with one attached hydrogen (secondary N) is 1. The maximum Gasteiger partial charge on any atom is 0.249 e. The Hall–Kier alpha value is -2.21. The molecule has 6 heteroatoms. The van der Waals surface area contributed by atoms with E-state index in [1.54, 1.807) is 0 Å². The lowest BCUT2D eigenvalue weighted by molar-refractivity contribution is -0.137. The summed E-state index contributed by atoms with van der Waals surface area (Å²) in [7, 11) is 1.08. The number of benzene rings is 1. The van der Waals surface area contributed by atoms with E-state index in [1.165, 1.54) is 38.1 Å². The predicted molar refractivity (Wildman–Crippen MR) is 98.3 cm³/mol. The summed E-state index contributed by atoms with van der Waals surface area (Å²) >= 11 is 0. The fourth-order valence-electron chi connectivity index (χ4n) is 2.52. The molecule has 0 unspecified atom stereocenters. The first kappa shape index (κ1) is 13.0. The molecular weight excluding hydrogens is 332 g/mol. The molecule has 2 amide bonds. The summed E-state index contributed by atoms with van der Waals surface area (Å²) in [6, 6.07) is 4.20. The minimum atomic E-state index is -2.74. The van der Waals surface area contributed by atoms with Gasteiger partial charge in [-0.3, -0.25) is 14.4 Å². The summed E-state index contributed by atoms with van der Waals surface area (Å²) < 4.78 is 49.1. The molecule has 2 N–H and O–H groups in total. The standard InChI is InChI=1S/C20H28N2O4/c1-12(2)18(24)16(23)11-13(3)19(25)21-17-15-8-6-5-7-14(15)9-10-22(4)20(17)26/h5-8,12-13,17-18,24H,9-11H2,1-4H3,(H,21,25)/t13-,17+,18+/m1/s1/i9D2,10D2,13D,18D. The Kier molecular flexibility index (Phi) is 4.23. The van der Waals surface area contributed by atoms with Gasteiger partial charge in [-0.05, 0) is 23.4 Å². The van der Waals surface area contributed by atoms with Crippen LogP contribution in [0, 0.1) is 11.8 Å². The quantitative estimate of drug-likeness (QED) is 0.798. The highest BCUT2D eigenvalue weighted by atomic mass is 16.3. The van der Waals surface area contributed by atoms with Crippen LogP contribution in [0.3, 0.4) is 0 Å². The second kappa shape index (κ2) is 8.45. The second-order valence-corrected chi connectivity index (χ2v) is 6.55. The third-order valence-corrected chi connectivity index (χ3v) is 4.13. The number of Topliss-reactive ketones (excluding diaryl/α,β-unsaturated/α-hetero) is 1. The third kappa shape index (κ3) is 4.49. The van der Waals surface area contributed by atoms with Gasteiger partial charge in [0.2, 0.25) is 11.8 Å². The maximum atomic E-state index is 13.1. The largest absolute Gasteiger partial charge is 0.385 e. The number of carbonyl (C=O) groups is 3. The summed E-state index contributed by atoms with van der Waals surface area (Å²) in [5.74, 6) is -5.95. The molecule has 0 spiro atoms. The number of likely N-dealkylation sites (N-methyl/N-ethyl adjacent to an activating group) is 1. The van der Waals surface area contributed by atoms with Crippen molar-refractivity contribution in [1.29, 1.82) is 0 Å². The van der Waals surface area contributed by atoms with Gasteiger partial charge in [0.15, 0.2) is 5.78 Å². The van der Waals surface area contributed by atoms with Gasteiger partial charge < -0.3 is 15.3 Å². The van der Waals surface area contributed by atoms with Gasteiger partial charge in [-0.2, -0.15) is 0 Å². The first-order valence-electron chi connectivity index (χ1n) is 11.3. The van der Waals surface area contributed by atoms with Crippen molar-refractivity contribution in [1.82, 2.24) is 10.2 Å². The van der Waals surface area contributed by atoms with E-state index in [1.807, 2.05) is 0 Å². The van der Waals surface area contributed by atoms with Crippen LogP contribution in [-0.4, -0.2) is 47.2 Å². The van der Waals surface area contributed by atoms with Gasteiger partial charge in [-0.1, -0.05) is 45.0 Å². The van der Waals surface area contributed by atoms with Crippen molar-refractivity contribution in [2.24, 2.45) is 11.8 Å². The number of carbonyl (C=O) groups excluding carboxylic acids is 3. The number of amides is 2. The van der Waals surface area contributed by atoms with Crippen LogP contribution in [-0.2, 0) is 20.8 Å². The molecule has 1 aromatic rings. The molecule has 26 heavy (non-hydrogen) atoms. The van der Waals surface area contributed by atoms with Crippen LogP contribution < -0.4 is 5.32 Å². The lowest BCUT2D eigenvalue weighted by Gasteiger charge is -2.24. The average Bonchev–Trinajstić information content (AvgIpc) is 2.72. The lowest BCUT2D eigenvalue weighted by atomic mass is 9.94. The molecule has 6 nitrogen and oxygen atoms in total. The molecule has 0 aromatic heterocycles. The van der Waals surface area contributed by atoms with E-state index in [0.717, 1.165) is 14.0 Å². The van der Waals surface area contributed by atoms with Crippen molar-refractivity contribution in [3.63, 3.8) is 0 Å². The Bertz CT molecular complexity index is 932. The normalized spacial score (nSPS) is 29.2. The van der Waals surface area contributed by atoms with Crippen molar-refractivity contribution in [3.8, 4) is 0 Å². The Labute approximate surface area is 163 Å². The highest BCUT2D eigenvalue weighted by Gasteiger charge is 2.32. The summed E-state index contributed by atoms with van der Waals surface area (Å²) in [5, 5.41) is 12.4. The van der Waals surface area contributed by atoms with Gasteiger partial charge in [-0.15, -0.1) is 0 Å². The molecule has 0 aliphatic carbocycles. The van der Waals surface area contributed by atoms with Crippen molar-refractivity contribution < 1.29 is 27.7 Å². The van der Waals surface area contributed by atoms with Crippen LogP contribution in [0.5, 0.6) is 0 Å². The lowest BCUT2D eigenvalue weighted by Crippen LogP contribution is -2.43. The van der Waals surface area contributed by atoms with Gasteiger partial charge >= 0.3 is 0 Å². The van der Waals surface area contributed by atoms with Crippen molar-refractivity contribution in [3.05, 3.63) is 35.4 Å². The maximum absolute atomic E-state index is 13.1. The molecule has 0 radical (unpaired) electrons. The number of fused-ring (bicyclic) bond motifs is 1. The number of nitrogens with zero attached hydrogens (tertiary/aromatic N) is 1. The second-order valence-electron chi connectivity index (χ2n) is 6.55. The van der Waals surface area contributed by atoms with E-state index in [0.29, 0.717) is 4.90 Å². The van der Waals surface area contributed by atoms with E-state index in [4.69, 9.17) is 8.22 Å². The molecule has 1 aromatic carbocycles. The van der Waals surface area contributed by atoms with E-state index in [2.05, 4.69) is 5.32 Å². The first-order chi connectivity index (χ1) is 14.4. The Morgan fingerprint density at radius 3 is 2.69 bits per heavy atom. The summed E-state index contributed by atoms with van der Waals surface area (Å²) in [4.78, 5) is 38.9. The monoisotopic (exact) mass is 366 g/mol. The van der Waals surface area contributed by atoms with Crippen molar-refractivity contribution in [2.45, 2.75) is 45.7 Å². The number of ketones is 1. The fourth-order valence-corrected chi connectivity index (χ4v) is 2.52. The zero-order valence-corrected chi connectivity index (χ0v) is 15.3. The number of aliphatic hydroxyl groups is 1. The Balaban J connectivity index is 2.43. The van der Waals surface area contributed by atoms with Gasteiger partial charge in [0.1, 0.15) is 12.1 Å². The first-order valence-corrected chi connectivity index (χ1v) is 8.32. The Morgan fingerprint density at radius 2 is 2.04 bits per heavy atom. The molecular formula is C20H28N2O4. The van der Waals surface area contributed by atoms with Gasteiger partial charge in [-0.25, -0.2) is 0 Å². The molecule has 2 rings (SSSR count). The molecule has 0 fully saturated rings.